The summed E-state index contributed by atoms with van der Waals surface area (Å²) >= 11 is 13.8. The Hall–Kier alpha value is -3.33. The molecule has 2 aromatic carbocycles. The maximum absolute atomic E-state index is 13.7. The monoisotopic (exact) mass is 730 g/mol. The molecule has 2 heterocycles. The summed E-state index contributed by atoms with van der Waals surface area (Å²) in [5.74, 6) is -1.27. The van der Waals surface area contributed by atoms with Crippen molar-refractivity contribution in [3.05, 3.63) is 87.3 Å². The standard InChI is InChI=1S/C31H30Cl2F2N2O8S2/c32-23-16-36(40)17-24(33)22(23)15-26(20-8-9-25(45-31(34)35)27(14-20)43-18-19-6-7-19)44-30(39)29-37(11-12-46-29)28(38)10-13-47(41,42)21-4-2-1-3-5-21/h1-5,8-9,14,16-17,19,26,29,31H,6-7,10-13,15,18H2. The van der Waals surface area contributed by atoms with E-state index in [-0.39, 0.29) is 63.9 Å². The van der Waals surface area contributed by atoms with Gasteiger partial charge in [0.2, 0.25) is 5.91 Å². The molecule has 0 bridgehead atoms. The highest BCUT2D eigenvalue weighted by atomic mass is 35.5. The van der Waals surface area contributed by atoms with Gasteiger partial charge < -0.3 is 24.3 Å². The number of amides is 1. The number of rotatable bonds is 14. The molecule has 3 aromatic rings. The summed E-state index contributed by atoms with van der Waals surface area (Å²) in [5.41, 5.74) is 0.608. The van der Waals surface area contributed by atoms with Gasteiger partial charge in [0.25, 0.3) is 0 Å². The molecule has 16 heteroatoms. The lowest BCUT2D eigenvalue weighted by Gasteiger charge is -2.26. The lowest BCUT2D eigenvalue weighted by atomic mass is 10.0. The second kappa shape index (κ2) is 15.3. The van der Waals surface area contributed by atoms with Gasteiger partial charge in [0.05, 0.1) is 17.3 Å². The molecule has 2 fully saturated rings. The minimum absolute atomic E-state index is 0.00285. The van der Waals surface area contributed by atoms with Crippen molar-refractivity contribution in [3.63, 3.8) is 0 Å². The highest BCUT2D eigenvalue weighted by Crippen LogP contribution is 2.38. The molecule has 1 saturated carbocycles. The van der Waals surface area contributed by atoms with Crippen LogP contribution in [-0.4, -0.2) is 61.8 Å². The van der Waals surface area contributed by atoms with Gasteiger partial charge in [-0.05, 0) is 48.6 Å². The molecule has 2 atom stereocenters. The Bertz CT molecular complexity index is 1690. The van der Waals surface area contributed by atoms with Crippen molar-refractivity contribution in [3.8, 4) is 11.5 Å². The van der Waals surface area contributed by atoms with Crippen LogP contribution < -0.4 is 14.2 Å². The number of hydrogen-bond acceptors (Lipinski definition) is 9. The third-order valence-electron chi connectivity index (χ3n) is 7.53. The van der Waals surface area contributed by atoms with E-state index >= 15 is 0 Å². The second-order valence-electron chi connectivity index (χ2n) is 11.0. The first-order valence-corrected chi connectivity index (χ1v) is 18.0. The van der Waals surface area contributed by atoms with Crippen LogP contribution in [0.4, 0.5) is 8.78 Å². The van der Waals surface area contributed by atoms with Crippen LogP contribution in [0.1, 0.15) is 36.5 Å². The number of ether oxygens (including phenoxy) is 3. The van der Waals surface area contributed by atoms with E-state index in [9.17, 15) is 32.0 Å². The Kier molecular flexibility index (Phi) is 11.4. The van der Waals surface area contributed by atoms with Gasteiger partial charge in [-0.1, -0.05) is 47.5 Å². The Morgan fingerprint density at radius 1 is 1.06 bits per heavy atom. The number of thioether (sulfide) groups is 1. The van der Waals surface area contributed by atoms with Crippen LogP contribution in [0.25, 0.3) is 0 Å². The van der Waals surface area contributed by atoms with Gasteiger partial charge in [0.15, 0.2) is 39.1 Å². The topological polar surface area (TPSA) is 126 Å². The van der Waals surface area contributed by atoms with Crippen molar-refractivity contribution in [2.24, 2.45) is 5.92 Å². The number of halogens is 4. The van der Waals surface area contributed by atoms with Crippen molar-refractivity contribution < 1.29 is 45.7 Å². The number of carbonyl (C=O) groups excluding carboxylic acids is 2. The summed E-state index contributed by atoms with van der Waals surface area (Å²) in [6.45, 7) is -2.63. The van der Waals surface area contributed by atoms with Crippen molar-refractivity contribution >= 4 is 56.7 Å². The molecule has 1 aliphatic carbocycles. The van der Waals surface area contributed by atoms with Gasteiger partial charge in [-0.15, -0.1) is 11.8 Å². The number of carbonyl (C=O) groups is 2. The van der Waals surface area contributed by atoms with E-state index in [1.54, 1.807) is 18.2 Å². The molecule has 1 aliphatic heterocycles. The van der Waals surface area contributed by atoms with Crippen LogP contribution in [0.15, 0.2) is 65.8 Å². The zero-order chi connectivity index (χ0) is 33.7. The minimum atomic E-state index is -3.73. The SMILES string of the molecule is O=C(OC(Cc1c(Cl)c[n+]([O-])cc1Cl)c1ccc(OC(F)F)c(OCC2CC2)c1)C1SCCN1C(=O)CCS(=O)(=O)c1ccccc1. The number of pyridine rings is 1. The summed E-state index contributed by atoms with van der Waals surface area (Å²) in [4.78, 5) is 28.2. The number of aromatic nitrogens is 1. The Balaban J connectivity index is 1.38. The van der Waals surface area contributed by atoms with Crippen molar-refractivity contribution in [2.75, 3.05) is 24.7 Å². The summed E-state index contributed by atoms with van der Waals surface area (Å²) in [7, 11) is -3.73. The Morgan fingerprint density at radius 2 is 1.77 bits per heavy atom. The fraction of sp³-hybridized carbons (Fsp3) is 0.387. The Labute approximate surface area is 284 Å². The fourth-order valence-corrected chi connectivity index (χ4v) is 7.86. The van der Waals surface area contributed by atoms with Crippen LogP contribution in [0.5, 0.6) is 11.5 Å². The van der Waals surface area contributed by atoms with Gasteiger partial charge in [-0.25, -0.2) is 13.2 Å². The maximum atomic E-state index is 13.7. The van der Waals surface area contributed by atoms with Crippen molar-refractivity contribution in [1.29, 1.82) is 0 Å². The summed E-state index contributed by atoms with van der Waals surface area (Å²) in [5, 5.41) is 10.8. The molecule has 1 saturated heterocycles. The number of hydrogen-bond donors (Lipinski definition) is 0. The molecule has 47 heavy (non-hydrogen) atoms. The lowest BCUT2D eigenvalue weighted by Crippen LogP contribution is -2.41. The summed E-state index contributed by atoms with van der Waals surface area (Å²) in [6.07, 6.45) is 2.47. The first kappa shape index (κ1) is 35.0. The second-order valence-corrected chi connectivity index (χ2v) is 15.1. The molecule has 0 spiro atoms. The number of alkyl halides is 2. The van der Waals surface area contributed by atoms with Gasteiger partial charge in [0, 0.05) is 30.7 Å². The van der Waals surface area contributed by atoms with Crippen LogP contribution >= 0.6 is 35.0 Å². The first-order chi connectivity index (χ1) is 22.4. The van der Waals surface area contributed by atoms with Crippen molar-refractivity contribution in [1.82, 2.24) is 4.90 Å². The average molecular weight is 732 g/mol. The molecular formula is C31H30Cl2F2N2O8S2. The Morgan fingerprint density at radius 3 is 2.43 bits per heavy atom. The number of sulfone groups is 1. The molecular weight excluding hydrogens is 701 g/mol. The molecule has 1 amide bonds. The zero-order valence-corrected chi connectivity index (χ0v) is 27.9. The maximum Gasteiger partial charge on any atom is 0.387 e. The summed E-state index contributed by atoms with van der Waals surface area (Å²) < 4.78 is 68.6. The molecule has 2 aliphatic rings. The highest BCUT2D eigenvalue weighted by Gasteiger charge is 2.38. The molecule has 10 nitrogen and oxygen atoms in total. The van der Waals surface area contributed by atoms with Gasteiger partial charge in [-0.3, -0.25) is 4.79 Å². The highest BCUT2D eigenvalue weighted by molar-refractivity contribution is 8.00. The molecule has 5 rings (SSSR count). The van der Waals surface area contributed by atoms with Crippen LogP contribution in [0.3, 0.4) is 0 Å². The van der Waals surface area contributed by atoms with E-state index in [1.165, 1.54) is 35.2 Å². The van der Waals surface area contributed by atoms with E-state index in [0.29, 0.717) is 16.0 Å². The van der Waals surface area contributed by atoms with Crippen LogP contribution in [0.2, 0.25) is 10.0 Å². The first-order valence-electron chi connectivity index (χ1n) is 14.6. The van der Waals surface area contributed by atoms with Gasteiger partial charge in [-0.2, -0.15) is 13.5 Å². The smallest absolute Gasteiger partial charge is 0.387 e. The third kappa shape index (κ3) is 9.18. The largest absolute Gasteiger partial charge is 0.619 e. The predicted octanol–water partition coefficient (Wildman–Crippen LogP) is 5.61. The summed E-state index contributed by atoms with van der Waals surface area (Å²) in [6, 6.07) is 11.9. The number of esters is 1. The van der Waals surface area contributed by atoms with Crippen LogP contribution in [0, 0.1) is 11.1 Å². The minimum Gasteiger partial charge on any atom is -0.619 e. The lowest BCUT2D eigenvalue weighted by molar-refractivity contribution is -0.605. The fourth-order valence-electron chi connectivity index (χ4n) is 4.89. The molecule has 1 aromatic heterocycles. The van der Waals surface area contributed by atoms with E-state index in [4.69, 9.17) is 32.7 Å². The van der Waals surface area contributed by atoms with E-state index in [2.05, 4.69) is 4.74 Å². The van der Waals surface area contributed by atoms with Gasteiger partial charge in [0.1, 0.15) is 16.1 Å². The van der Waals surface area contributed by atoms with E-state index in [1.807, 2.05) is 0 Å². The molecule has 0 N–H and O–H groups in total. The van der Waals surface area contributed by atoms with Gasteiger partial charge >= 0.3 is 12.6 Å². The third-order valence-corrected chi connectivity index (χ3v) is 11.1. The van der Waals surface area contributed by atoms with E-state index < -0.39 is 45.6 Å². The molecule has 2 unspecified atom stereocenters. The molecule has 0 radical (unpaired) electrons. The van der Waals surface area contributed by atoms with Crippen LogP contribution in [-0.2, 0) is 30.6 Å². The predicted molar refractivity (Wildman–Crippen MR) is 170 cm³/mol. The normalized spacial score (nSPS) is 17.0. The van der Waals surface area contributed by atoms with Crippen molar-refractivity contribution in [2.45, 2.75) is 48.7 Å². The quantitative estimate of drug-likeness (QED) is 0.118. The van der Waals surface area contributed by atoms with E-state index in [0.717, 1.165) is 37.0 Å². The average Bonchev–Trinajstić information content (AvgIpc) is 3.73. The number of benzene rings is 2. The zero-order valence-electron chi connectivity index (χ0n) is 24.7. The number of nitrogens with zero attached hydrogens (tertiary/aromatic N) is 2. The molecule has 252 valence electrons.